The van der Waals surface area contributed by atoms with Gasteiger partial charge in [-0.05, 0) is 17.7 Å². The third kappa shape index (κ3) is 5.18. The fourth-order valence-electron chi connectivity index (χ4n) is 3.58. The van der Waals surface area contributed by atoms with E-state index in [2.05, 4.69) is 66.4 Å². The van der Waals surface area contributed by atoms with Gasteiger partial charge >= 0.3 is 0 Å². The van der Waals surface area contributed by atoms with E-state index in [1.807, 2.05) is 6.07 Å². The molecule has 1 aliphatic rings. The minimum atomic E-state index is -0.116. The van der Waals surface area contributed by atoms with Crippen molar-refractivity contribution in [2.45, 2.75) is 19.4 Å². The predicted molar refractivity (Wildman–Crippen MR) is 116 cm³/mol. The van der Waals surface area contributed by atoms with E-state index in [0.717, 1.165) is 44.2 Å². The molecule has 0 radical (unpaired) electrons. The van der Waals surface area contributed by atoms with Crippen molar-refractivity contribution in [1.29, 1.82) is 0 Å². The maximum atomic E-state index is 12.2. The molecular formula is C23H26N6O. The van der Waals surface area contributed by atoms with Crippen LogP contribution in [-0.4, -0.2) is 56.7 Å². The van der Waals surface area contributed by atoms with E-state index in [1.165, 1.54) is 5.56 Å². The summed E-state index contributed by atoms with van der Waals surface area (Å²) >= 11 is 0. The van der Waals surface area contributed by atoms with E-state index < -0.39 is 0 Å². The molecule has 7 nitrogen and oxygen atoms in total. The van der Waals surface area contributed by atoms with E-state index >= 15 is 0 Å². The van der Waals surface area contributed by atoms with Gasteiger partial charge in [0.15, 0.2) is 0 Å². The fraction of sp³-hybridized carbons (Fsp3) is 0.304. The highest BCUT2D eigenvalue weighted by Crippen LogP contribution is 2.10. The number of fused-ring (bicyclic) bond motifs is 1. The number of carbonyl (C=O) groups excluding carboxylic acids is 1. The normalized spacial score (nSPS) is 14.4. The lowest BCUT2D eigenvalue weighted by Gasteiger charge is -2.17. The summed E-state index contributed by atoms with van der Waals surface area (Å²) in [7, 11) is 0. The van der Waals surface area contributed by atoms with Crippen LogP contribution in [0, 0.1) is 0 Å². The van der Waals surface area contributed by atoms with Crippen LogP contribution in [0.15, 0.2) is 60.9 Å². The first-order valence-corrected chi connectivity index (χ1v) is 10.3. The third-order valence-electron chi connectivity index (χ3n) is 5.23. The average Bonchev–Trinajstić information content (AvgIpc) is 3.06. The van der Waals surface area contributed by atoms with E-state index in [9.17, 15) is 4.79 Å². The molecule has 30 heavy (non-hydrogen) atoms. The Morgan fingerprint density at radius 3 is 2.80 bits per heavy atom. The van der Waals surface area contributed by atoms with Gasteiger partial charge in [-0.2, -0.15) is 0 Å². The second-order valence-electron chi connectivity index (χ2n) is 7.30. The Hall–Kier alpha value is -3.32. The molecule has 0 atom stereocenters. The molecular weight excluding hydrogens is 376 g/mol. The second kappa shape index (κ2) is 9.93. The van der Waals surface area contributed by atoms with Gasteiger partial charge in [0.1, 0.15) is 11.6 Å². The summed E-state index contributed by atoms with van der Waals surface area (Å²) in [6.45, 7) is 4.24. The smallest absolute Gasteiger partial charge is 0.252 e. The summed E-state index contributed by atoms with van der Waals surface area (Å²) < 4.78 is 2.21. The first-order valence-electron chi connectivity index (χ1n) is 10.3. The molecule has 3 heterocycles. The Kier molecular flexibility index (Phi) is 6.61. The summed E-state index contributed by atoms with van der Waals surface area (Å²) in [5.41, 5.74) is 1.79. The van der Waals surface area contributed by atoms with Crippen molar-refractivity contribution in [3.05, 3.63) is 83.7 Å². The zero-order chi connectivity index (χ0) is 20.6. The van der Waals surface area contributed by atoms with Crippen molar-refractivity contribution in [2.75, 3.05) is 26.2 Å². The first kappa shape index (κ1) is 20.0. The van der Waals surface area contributed by atoms with Crippen molar-refractivity contribution >= 4 is 12.0 Å². The van der Waals surface area contributed by atoms with Crippen molar-refractivity contribution in [1.82, 2.24) is 30.0 Å². The summed E-state index contributed by atoms with van der Waals surface area (Å²) in [6, 6.07) is 13.9. The number of rotatable bonds is 7. The first-order chi connectivity index (χ1) is 14.8. The fourth-order valence-corrected chi connectivity index (χ4v) is 3.58. The molecule has 1 amide bonds. The quantitative estimate of drug-likeness (QED) is 0.656. The number of carbonyl (C=O) groups is 1. The van der Waals surface area contributed by atoms with Crippen molar-refractivity contribution in [3.63, 3.8) is 0 Å². The molecule has 0 saturated carbocycles. The van der Waals surface area contributed by atoms with Gasteiger partial charge in [0, 0.05) is 58.0 Å². The number of aromatic nitrogens is 4. The summed E-state index contributed by atoms with van der Waals surface area (Å²) in [5.74, 6) is 1.84. The Morgan fingerprint density at radius 2 is 1.97 bits per heavy atom. The molecule has 154 valence electrons. The van der Waals surface area contributed by atoms with Crippen LogP contribution in [0.5, 0.6) is 0 Å². The van der Waals surface area contributed by atoms with Gasteiger partial charge in [0.05, 0.1) is 5.56 Å². The lowest BCUT2D eigenvalue weighted by atomic mass is 10.2. The molecule has 0 fully saturated rings. The maximum Gasteiger partial charge on any atom is 0.252 e. The van der Waals surface area contributed by atoms with Crippen LogP contribution < -0.4 is 5.32 Å². The second-order valence-corrected chi connectivity index (χ2v) is 7.30. The molecule has 4 rings (SSSR count). The summed E-state index contributed by atoms with van der Waals surface area (Å²) in [6.07, 6.45) is 9.15. The van der Waals surface area contributed by atoms with Crippen LogP contribution >= 0.6 is 0 Å². The number of hydrogen-bond acceptors (Lipinski definition) is 5. The average molecular weight is 403 g/mol. The van der Waals surface area contributed by atoms with Crippen LogP contribution in [0.2, 0.25) is 0 Å². The molecule has 1 N–H and O–H groups in total. The van der Waals surface area contributed by atoms with Gasteiger partial charge in [-0.3, -0.25) is 14.7 Å². The van der Waals surface area contributed by atoms with Gasteiger partial charge in [-0.1, -0.05) is 42.5 Å². The zero-order valence-electron chi connectivity index (χ0n) is 16.9. The maximum absolute atomic E-state index is 12.2. The molecule has 1 aromatic carbocycles. The minimum absolute atomic E-state index is 0.116. The van der Waals surface area contributed by atoms with Crippen molar-refractivity contribution < 1.29 is 4.79 Å². The number of pyridine rings is 1. The lowest BCUT2D eigenvalue weighted by molar-refractivity contribution is 0.0953. The van der Waals surface area contributed by atoms with E-state index in [4.69, 9.17) is 0 Å². The Labute approximate surface area is 176 Å². The standard InChI is InChI=1S/C23H26N6O/c30-23(20-9-4-12-24-18-20)25-13-10-21-26-27-22-11-15-28(16-17-29(21)22)14-5-8-19-6-2-1-3-7-19/h1-9,12,18H,10-11,13-17H2,(H,25,30). The van der Waals surface area contributed by atoms with Gasteiger partial charge in [0.2, 0.25) is 0 Å². The number of nitrogens with one attached hydrogen (secondary N) is 1. The van der Waals surface area contributed by atoms with Gasteiger partial charge in [-0.25, -0.2) is 0 Å². The van der Waals surface area contributed by atoms with Gasteiger partial charge in [-0.15, -0.1) is 10.2 Å². The number of amides is 1. The van der Waals surface area contributed by atoms with E-state index in [-0.39, 0.29) is 5.91 Å². The largest absolute Gasteiger partial charge is 0.352 e. The van der Waals surface area contributed by atoms with Crippen LogP contribution in [0.1, 0.15) is 27.6 Å². The summed E-state index contributed by atoms with van der Waals surface area (Å²) in [4.78, 5) is 18.6. The molecule has 3 aromatic rings. The molecule has 2 aromatic heterocycles. The zero-order valence-corrected chi connectivity index (χ0v) is 16.9. The van der Waals surface area contributed by atoms with Crippen LogP contribution in [0.25, 0.3) is 6.08 Å². The van der Waals surface area contributed by atoms with Crippen LogP contribution in [0.3, 0.4) is 0 Å². The van der Waals surface area contributed by atoms with Crippen molar-refractivity contribution in [2.24, 2.45) is 0 Å². The Bertz CT molecular complexity index is 983. The van der Waals surface area contributed by atoms with E-state index in [0.29, 0.717) is 18.5 Å². The number of hydrogen-bond donors (Lipinski definition) is 1. The highest BCUT2D eigenvalue weighted by Gasteiger charge is 2.18. The number of benzene rings is 1. The Morgan fingerprint density at radius 1 is 1.07 bits per heavy atom. The van der Waals surface area contributed by atoms with Gasteiger partial charge in [0.25, 0.3) is 5.91 Å². The SMILES string of the molecule is O=C(NCCc1nnc2n1CCN(CC=Cc1ccccc1)CC2)c1cccnc1. The molecule has 0 bridgehead atoms. The predicted octanol–water partition coefficient (Wildman–Crippen LogP) is 2.22. The third-order valence-corrected chi connectivity index (χ3v) is 5.23. The molecule has 0 saturated heterocycles. The highest BCUT2D eigenvalue weighted by molar-refractivity contribution is 5.93. The molecule has 0 aliphatic carbocycles. The van der Waals surface area contributed by atoms with Crippen molar-refractivity contribution in [3.8, 4) is 0 Å². The highest BCUT2D eigenvalue weighted by atomic mass is 16.1. The summed E-state index contributed by atoms with van der Waals surface area (Å²) in [5, 5.41) is 11.7. The van der Waals surface area contributed by atoms with Crippen LogP contribution in [0.4, 0.5) is 0 Å². The molecule has 0 spiro atoms. The Balaban J connectivity index is 1.27. The van der Waals surface area contributed by atoms with Crippen LogP contribution in [-0.2, 0) is 19.4 Å². The number of nitrogens with zero attached hydrogens (tertiary/aromatic N) is 5. The lowest BCUT2D eigenvalue weighted by Crippen LogP contribution is -2.28. The molecule has 7 heteroatoms. The minimum Gasteiger partial charge on any atom is -0.352 e. The molecule has 0 unspecified atom stereocenters. The van der Waals surface area contributed by atoms with Gasteiger partial charge < -0.3 is 9.88 Å². The monoisotopic (exact) mass is 402 g/mol. The molecule has 1 aliphatic heterocycles. The van der Waals surface area contributed by atoms with E-state index in [1.54, 1.807) is 24.5 Å². The topological polar surface area (TPSA) is 75.9 Å².